The van der Waals surface area contributed by atoms with E-state index in [0.29, 0.717) is 12.8 Å². The van der Waals surface area contributed by atoms with Gasteiger partial charge in [-0.1, -0.05) is 0 Å². The standard InChI is InChI=1S/C14H16N2O6S/c1-15-12(19)14(3-4-14)13(20)16-9-5-8(11(17)18)6-10(7-9)23(2,21)22/h5-7H,3-4H2,1-2H3,(H,15,19)(H,16,20)(H,17,18). The highest BCUT2D eigenvalue weighted by Crippen LogP contribution is 2.46. The Morgan fingerprint density at radius 2 is 1.74 bits per heavy atom. The van der Waals surface area contributed by atoms with Crippen molar-refractivity contribution in [1.29, 1.82) is 0 Å². The van der Waals surface area contributed by atoms with Crippen molar-refractivity contribution in [3.05, 3.63) is 23.8 Å². The topological polar surface area (TPSA) is 130 Å². The molecule has 0 heterocycles. The maximum Gasteiger partial charge on any atom is 0.335 e. The number of carboxylic acid groups (broad SMARTS) is 1. The Balaban J connectivity index is 2.37. The molecule has 8 nitrogen and oxygen atoms in total. The first-order chi connectivity index (χ1) is 10.6. The second kappa shape index (κ2) is 5.65. The van der Waals surface area contributed by atoms with Crippen LogP contribution in [0.3, 0.4) is 0 Å². The summed E-state index contributed by atoms with van der Waals surface area (Å²) in [5.74, 6) is -2.33. The summed E-state index contributed by atoms with van der Waals surface area (Å²) in [5, 5.41) is 13.9. The number of carbonyl (C=O) groups is 3. The molecule has 2 amide bonds. The zero-order valence-electron chi connectivity index (χ0n) is 12.5. The molecule has 3 N–H and O–H groups in total. The van der Waals surface area contributed by atoms with Gasteiger partial charge >= 0.3 is 5.97 Å². The Morgan fingerprint density at radius 1 is 1.13 bits per heavy atom. The fourth-order valence-corrected chi connectivity index (χ4v) is 2.86. The van der Waals surface area contributed by atoms with E-state index in [-0.39, 0.29) is 16.1 Å². The molecule has 124 valence electrons. The van der Waals surface area contributed by atoms with Crippen molar-refractivity contribution < 1.29 is 27.9 Å². The summed E-state index contributed by atoms with van der Waals surface area (Å²) in [4.78, 5) is 34.9. The van der Waals surface area contributed by atoms with Gasteiger partial charge < -0.3 is 15.7 Å². The summed E-state index contributed by atoms with van der Waals surface area (Å²) < 4.78 is 23.3. The molecule has 0 atom stereocenters. The monoisotopic (exact) mass is 340 g/mol. The van der Waals surface area contributed by atoms with E-state index in [9.17, 15) is 22.8 Å². The molecular weight excluding hydrogens is 324 g/mol. The molecule has 0 aliphatic heterocycles. The number of sulfone groups is 1. The Labute approximate surface area is 132 Å². The highest BCUT2D eigenvalue weighted by atomic mass is 32.2. The number of carboxylic acids is 1. The van der Waals surface area contributed by atoms with Crippen molar-refractivity contribution >= 4 is 33.3 Å². The van der Waals surface area contributed by atoms with Crippen LogP contribution in [0.1, 0.15) is 23.2 Å². The van der Waals surface area contributed by atoms with E-state index < -0.39 is 33.0 Å². The van der Waals surface area contributed by atoms with Crippen LogP contribution in [0.15, 0.2) is 23.1 Å². The smallest absolute Gasteiger partial charge is 0.335 e. The highest BCUT2D eigenvalue weighted by Gasteiger charge is 2.56. The maximum absolute atomic E-state index is 12.3. The van der Waals surface area contributed by atoms with E-state index in [1.807, 2.05) is 0 Å². The van der Waals surface area contributed by atoms with Crippen LogP contribution >= 0.6 is 0 Å². The second-order valence-corrected chi connectivity index (χ2v) is 7.45. The van der Waals surface area contributed by atoms with Gasteiger partial charge in [0.15, 0.2) is 9.84 Å². The van der Waals surface area contributed by atoms with Crippen molar-refractivity contribution in [2.75, 3.05) is 18.6 Å². The molecule has 0 unspecified atom stereocenters. The fraction of sp³-hybridized carbons (Fsp3) is 0.357. The normalized spacial score (nSPS) is 15.6. The number of benzene rings is 1. The van der Waals surface area contributed by atoms with Gasteiger partial charge in [0.25, 0.3) is 0 Å². The van der Waals surface area contributed by atoms with Crippen LogP contribution in [0.25, 0.3) is 0 Å². The number of hydrogen-bond acceptors (Lipinski definition) is 5. The van der Waals surface area contributed by atoms with Crippen LogP contribution in [-0.4, -0.2) is 44.6 Å². The number of aromatic carboxylic acids is 1. The van der Waals surface area contributed by atoms with Crippen LogP contribution in [0.4, 0.5) is 5.69 Å². The van der Waals surface area contributed by atoms with E-state index >= 15 is 0 Å². The van der Waals surface area contributed by atoms with Crippen LogP contribution in [-0.2, 0) is 19.4 Å². The van der Waals surface area contributed by atoms with Gasteiger partial charge in [0.1, 0.15) is 5.41 Å². The summed E-state index contributed by atoms with van der Waals surface area (Å²) in [6, 6.07) is 3.33. The molecule has 0 radical (unpaired) electrons. The second-order valence-electron chi connectivity index (χ2n) is 5.44. The van der Waals surface area contributed by atoms with E-state index in [2.05, 4.69) is 10.6 Å². The molecule has 23 heavy (non-hydrogen) atoms. The third kappa shape index (κ3) is 3.34. The maximum atomic E-state index is 12.3. The average Bonchev–Trinajstić information content (AvgIpc) is 3.26. The zero-order chi connectivity index (χ0) is 17.4. The van der Waals surface area contributed by atoms with Gasteiger partial charge in [0.2, 0.25) is 11.8 Å². The van der Waals surface area contributed by atoms with Crippen molar-refractivity contribution in [2.45, 2.75) is 17.7 Å². The zero-order valence-corrected chi connectivity index (χ0v) is 13.4. The Kier molecular flexibility index (Phi) is 4.16. The van der Waals surface area contributed by atoms with Crippen molar-refractivity contribution in [3.8, 4) is 0 Å². The number of anilines is 1. The van der Waals surface area contributed by atoms with Crippen molar-refractivity contribution in [1.82, 2.24) is 5.32 Å². The van der Waals surface area contributed by atoms with E-state index in [1.165, 1.54) is 13.1 Å². The lowest BCUT2D eigenvalue weighted by Crippen LogP contribution is -2.38. The van der Waals surface area contributed by atoms with Crippen LogP contribution < -0.4 is 10.6 Å². The van der Waals surface area contributed by atoms with Crippen LogP contribution in [0.5, 0.6) is 0 Å². The lowest BCUT2D eigenvalue weighted by Gasteiger charge is -2.14. The average molecular weight is 340 g/mol. The van der Waals surface area contributed by atoms with Crippen LogP contribution in [0, 0.1) is 5.41 Å². The summed E-state index contributed by atoms with van der Waals surface area (Å²) >= 11 is 0. The predicted molar refractivity (Wildman–Crippen MR) is 80.9 cm³/mol. The molecule has 1 fully saturated rings. The first-order valence-corrected chi connectivity index (χ1v) is 8.61. The molecule has 1 aromatic rings. The third-order valence-corrected chi connectivity index (χ3v) is 4.78. The lowest BCUT2D eigenvalue weighted by atomic mass is 10.1. The van der Waals surface area contributed by atoms with Crippen molar-refractivity contribution in [2.24, 2.45) is 5.41 Å². The first kappa shape index (κ1) is 16.9. The molecule has 9 heteroatoms. The molecule has 0 spiro atoms. The quantitative estimate of drug-likeness (QED) is 0.659. The fourth-order valence-electron chi connectivity index (χ4n) is 2.18. The predicted octanol–water partition coefficient (Wildman–Crippen LogP) is 0.253. The lowest BCUT2D eigenvalue weighted by molar-refractivity contribution is -0.134. The summed E-state index contributed by atoms with van der Waals surface area (Å²) in [6.07, 6.45) is 1.71. The third-order valence-electron chi connectivity index (χ3n) is 3.69. The Morgan fingerprint density at radius 3 is 2.17 bits per heavy atom. The molecule has 1 aliphatic carbocycles. The van der Waals surface area contributed by atoms with Gasteiger partial charge in [-0.3, -0.25) is 9.59 Å². The molecule has 1 saturated carbocycles. The Hall–Kier alpha value is -2.42. The van der Waals surface area contributed by atoms with E-state index in [1.54, 1.807) is 0 Å². The van der Waals surface area contributed by atoms with Gasteiger partial charge in [0, 0.05) is 19.0 Å². The molecule has 0 saturated heterocycles. The van der Waals surface area contributed by atoms with E-state index in [0.717, 1.165) is 18.4 Å². The molecule has 1 aromatic carbocycles. The number of amides is 2. The van der Waals surface area contributed by atoms with Gasteiger partial charge in [-0.25, -0.2) is 13.2 Å². The van der Waals surface area contributed by atoms with Gasteiger partial charge in [0.05, 0.1) is 10.5 Å². The minimum Gasteiger partial charge on any atom is -0.478 e. The summed E-state index contributed by atoms with van der Waals surface area (Å²) in [6.45, 7) is 0. The summed E-state index contributed by atoms with van der Waals surface area (Å²) in [5.41, 5.74) is -1.42. The van der Waals surface area contributed by atoms with E-state index in [4.69, 9.17) is 5.11 Å². The van der Waals surface area contributed by atoms with Crippen molar-refractivity contribution in [3.63, 3.8) is 0 Å². The molecular formula is C14H16N2O6S. The first-order valence-electron chi connectivity index (χ1n) is 6.72. The minimum absolute atomic E-state index is 0.0190. The molecule has 0 bridgehead atoms. The SMILES string of the molecule is CNC(=O)C1(C(=O)Nc2cc(C(=O)O)cc(S(C)(=O)=O)c2)CC1. The summed E-state index contributed by atoms with van der Waals surface area (Å²) in [7, 11) is -2.23. The highest BCUT2D eigenvalue weighted by molar-refractivity contribution is 7.90. The minimum atomic E-state index is -3.65. The number of hydrogen-bond donors (Lipinski definition) is 3. The number of rotatable bonds is 5. The largest absolute Gasteiger partial charge is 0.478 e. The molecule has 2 rings (SSSR count). The number of nitrogens with one attached hydrogen (secondary N) is 2. The number of carbonyl (C=O) groups excluding carboxylic acids is 2. The van der Waals surface area contributed by atoms with Gasteiger partial charge in [-0.15, -0.1) is 0 Å². The van der Waals surface area contributed by atoms with Crippen LogP contribution in [0.2, 0.25) is 0 Å². The van der Waals surface area contributed by atoms with Gasteiger partial charge in [-0.2, -0.15) is 0 Å². The molecule has 1 aliphatic rings. The Bertz CT molecular complexity index is 795. The molecule has 0 aromatic heterocycles. The van der Waals surface area contributed by atoms with Gasteiger partial charge in [-0.05, 0) is 31.0 Å².